The molecule has 0 aromatic heterocycles. The predicted molar refractivity (Wildman–Crippen MR) is 97.6 cm³/mol. The molecule has 168 valence electrons. The molecule has 0 saturated heterocycles. The molecule has 0 aliphatic rings. The molecule has 0 aliphatic heterocycles. The van der Waals surface area contributed by atoms with Crippen LogP contribution in [0.4, 0.5) is 23.2 Å². The molecule has 0 amide bonds. The smallest absolute Gasteiger partial charge is 0.443 e. The first-order valence-electron chi connectivity index (χ1n) is 8.18. The van der Waals surface area contributed by atoms with E-state index in [1.165, 1.54) is 24.3 Å². The Morgan fingerprint density at radius 2 is 1.68 bits per heavy atom. The highest BCUT2D eigenvalue weighted by molar-refractivity contribution is 6.34. The Bertz CT molecular complexity index is 1010. The average Bonchev–Trinajstić information content (AvgIpc) is 2.66. The second-order valence-electron chi connectivity index (χ2n) is 6.11. The summed E-state index contributed by atoms with van der Waals surface area (Å²) in [5, 5.41) is 26.3. The summed E-state index contributed by atoms with van der Waals surface area (Å²) in [6, 6.07) is 6.16. The average molecular weight is 468 g/mol. The lowest BCUT2D eigenvalue weighted by atomic mass is 10.0. The number of hydrogen-bond donors (Lipinski definition) is 4. The Balaban J connectivity index is 2.43. The van der Waals surface area contributed by atoms with Crippen LogP contribution in [0.3, 0.4) is 0 Å². The van der Waals surface area contributed by atoms with Gasteiger partial charge in [0.25, 0.3) is 5.79 Å². The van der Waals surface area contributed by atoms with Gasteiger partial charge in [-0.2, -0.15) is 13.2 Å². The van der Waals surface area contributed by atoms with Gasteiger partial charge in [0.15, 0.2) is 29.7 Å². The highest BCUT2D eigenvalue weighted by Crippen LogP contribution is 2.41. The lowest BCUT2D eigenvalue weighted by Gasteiger charge is -2.24. The Morgan fingerprint density at radius 3 is 2.23 bits per heavy atom. The van der Waals surface area contributed by atoms with Gasteiger partial charge in [-0.3, -0.25) is 4.79 Å². The van der Waals surface area contributed by atoms with E-state index in [0.717, 1.165) is 0 Å². The van der Waals surface area contributed by atoms with Crippen molar-refractivity contribution >= 4 is 29.0 Å². The molecule has 2 aromatic rings. The second kappa shape index (κ2) is 8.96. The fourth-order valence-corrected chi connectivity index (χ4v) is 2.42. The fourth-order valence-electron chi connectivity index (χ4n) is 2.24. The molecule has 0 bridgehead atoms. The number of para-hydroxylation sites is 2. The number of benzene rings is 2. The first kappa shape index (κ1) is 24.2. The first-order chi connectivity index (χ1) is 14.2. The van der Waals surface area contributed by atoms with Crippen LogP contribution in [0.1, 0.15) is 16.8 Å². The molecule has 0 aliphatic carbocycles. The summed E-state index contributed by atoms with van der Waals surface area (Å²) < 4.78 is 62.7. The number of carboxylic acids is 1. The molecule has 0 saturated carbocycles. The van der Waals surface area contributed by atoms with Crippen molar-refractivity contribution in [2.75, 3.05) is 12.3 Å². The normalized spacial score (nSPS) is 11.8. The van der Waals surface area contributed by atoms with Gasteiger partial charge in [0.05, 0.1) is 17.7 Å². The third-order valence-electron chi connectivity index (χ3n) is 3.78. The molecule has 5 N–H and O–H groups in total. The van der Waals surface area contributed by atoms with E-state index in [0.29, 0.717) is 6.07 Å². The minimum atomic E-state index is -5.59. The highest BCUT2D eigenvalue weighted by atomic mass is 35.5. The van der Waals surface area contributed by atoms with Crippen LogP contribution >= 0.6 is 11.6 Å². The number of nitrogen functional groups attached to an aromatic ring is 1. The summed E-state index contributed by atoms with van der Waals surface area (Å²) in [4.78, 5) is 22.8. The monoisotopic (exact) mass is 467 g/mol. The second-order valence-corrected chi connectivity index (χ2v) is 6.49. The Morgan fingerprint density at radius 1 is 1.10 bits per heavy atom. The fraction of sp³-hybridized carbons (Fsp3) is 0.222. The molecule has 0 spiro atoms. The number of rotatable bonds is 8. The minimum absolute atomic E-state index is 0.0847. The van der Waals surface area contributed by atoms with E-state index in [2.05, 4.69) is 0 Å². The van der Waals surface area contributed by atoms with Crippen LogP contribution in [-0.4, -0.2) is 45.6 Å². The lowest BCUT2D eigenvalue weighted by molar-refractivity contribution is -0.345. The molecule has 0 radical (unpaired) electrons. The summed E-state index contributed by atoms with van der Waals surface area (Å²) in [5.41, 5.74) is 3.57. The number of nitrogens with two attached hydrogens (primary N) is 1. The Labute approximate surface area is 176 Å². The minimum Gasteiger partial charge on any atom is -0.479 e. The van der Waals surface area contributed by atoms with E-state index >= 15 is 0 Å². The van der Waals surface area contributed by atoms with Crippen molar-refractivity contribution in [3.8, 4) is 17.2 Å². The number of aliphatic hydroxyl groups is 2. The first-order valence-corrected chi connectivity index (χ1v) is 8.56. The molecule has 0 heterocycles. The van der Waals surface area contributed by atoms with E-state index in [1.54, 1.807) is 0 Å². The Kier molecular flexibility index (Phi) is 6.99. The van der Waals surface area contributed by atoms with Gasteiger partial charge < -0.3 is 30.5 Å². The maximum atomic E-state index is 14.4. The van der Waals surface area contributed by atoms with Crippen LogP contribution in [-0.2, 0) is 4.79 Å². The van der Waals surface area contributed by atoms with Crippen LogP contribution in [0, 0.1) is 5.82 Å². The van der Waals surface area contributed by atoms with E-state index in [9.17, 15) is 27.2 Å². The molecule has 2 rings (SSSR count). The Hall–Kier alpha value is -3.09. The number of carbonyl (C=O) groups is 2. The SMILES string of the molecule is Nc1c(F)c(C(=O)CC(O)(O)C(F)(F)F)cc(Oc2ccccc2OCC(=O)O)c1Cl. The number of carboxylic acid groups (broad SMARTS) is 1. The van der Waals surface area contributed by atoms with Crippen LogP contribution in [0.15, 0.2) is 30.3 Å². The van der Waals surface area contributed by atoms with Gasteiger partial charge in [0.1, 0.15) is 10.8 Å². The highest BCUT2D eigenvalue weighted by Gasteiger charge is 2.54. The number of carbonyl (C=O) groups excluding carboxylic acids is 1. The zero-order chi connectivity index (χ0) is 23.6. The van der Waals surface area contributed by atoms with Crippen molar-refractivity contribution in [2.45, 2.75) is 18.4 Å². The summed E-state index contributed by atoms with van der Waals surface area (Å²) >= 11 is 5.90. The molecule has 0 unspecified atom stereocenters. The standard InChI is InChI=1S/C18H14ClF4NO7/c19-14-12(31-11-4-2-1-3-10(11)30-7-13(26)27)5-8(15(20)16(14)24)9(25)6-17(28,29)18(21,22)23/h1-5,28-29H,6-7,24H2,(H,26,27). The summed E-state index contributed by atoms with van der Waals surface area (Å²) in [6.45, 7) is -0.740. The number of aliphatic carboxylic acids is 1. The van der Waals surface area contributed by atoms with Crippen molar-refractivity contribution in [2.24, 2.45) is 0 Å². The van der Waals surface area contributed by atoms with E-state index in [4.69, 9.17) is 42.1 Å². The molecule has 2 aromatic carbocycles. The van der Waals surface area contributed by atoms with Gasteiger partial charge in [-0.25, -0.2) is 9.18 Å². The lowest BCUT2D eigenvalue weighted by Crippen LogP contribution is -2.46. The summed E-state index contributed by atoms with van der Waals surface area (Å²) in [7, 11) is 0. The molecule has 13 heteroatoms. The quantitative estimate of drug-likeness (QED) is 0.201. The van der Waals surface area contributed by atoms with Gasteiger partial charge in [0.2, 0.25) is 0 Å². The van der Waals surface area contributed by atoms with E-state index < -0.39 is 64.6 Å². The van der Waals surface area contributed by atoms with Crippen LogP contribution in [0.25, 0.3) is 0 Å². The molecule has 31 heavy (non-hydrogen) atoms. The number of ketones is 1. The van der Waals surface area contributed by atoms with Crippen molar-refractivity contribution in [1.82, 2.24) is 0 Å². The molecular formula is C18H14ClF4NO7. The number of ether oxygens (including phenoxy) is 2. The third-order valence-corrected chi connectivity index (χ3v) is 4.17. The van der Waals surface area contributed by atoms with Crippen LogP contribution in [0.2, 0.25) is 5.02 Å². The zero-order valence-corrected chi connectivity index (χ0v) is 16.0. The number of Topliss-reactive ketones (excluding diaryl/α,β-unsaturated/α-hetero) is 1. The maximum Gasteiger partial charge on any atom is 0.443 e. The largest absolute Gasteiger partial charge is 0.479 e. The van der Waals surface area contributed by atoms with Crippen molar-refractivity contribution in [3.63, 3.8) is 0 Å². The van der Waals surface area contributed by atoms with Crippen LogP contribution < -0.4 is 15.2 Å². The maximum absolute atomic E-state index is 14.4. The third kappa shape index (κ3) is 5.54. The molecular weight excluding hydrogens is 454 g/mol. The van der Waals surface area contributed by atoms with Crippen molar-refractivity contribution in [3.05, 3.63) is 46.7 Å². The van der Waals surface area contributed by atoms with Gasteiger partial charge >= 0.3 is 12.1 Å². The van der Waals surface area contributed by atoms with E-state index in [1.807, 2.05) is 0 Å². The molecule has 8 nitrogen and oxygen atoms in total. The topological polar surface area (TPSA) is 139 Å². The zero-order valence-electron chi connectivity index (χ0n) is 15.2. The van der Waals surface area contributed by atoms with Crippen LogP contribution in [0.5, 0.6) is 17.2 Å². The van der Waals surface area contributed by atoms with Gasteiger partial charge in [0, 0.05) is 0 Å². The predicted octanol–water partition coefficient (Wildman–Crippen LogP) is 3.13. The van der Waals surface area contributed by atoms with Gasteiger partial charge in [-0.05, 0) is 18.2 Å². The number of anilines is 1. The molecule has 0 fully saturated rings. The summed E-state index contributed by atoms with van der Waals surface area (Å²) in [5.74, 6) is -9.55. The van der Waals surface area contributed by atoms with E-state index in [-0.39, 0.29) is 11.5 Å². The van der Waals surface area contributed by atoms with Crippen molar-refractivity contribution in [1.29, 1.82) is 0 Å². The number of hydrogen-bond acceptors (Lipinski definition) is 7. The number of alkyl halides is 3. The van der Waals surface area contributed by atoms with Crippen molar-refractivity contribution < 1.29 is 51.9 Å². The van der Waals surface area contributed by atoms with Gasteiger partial charge in [-0.15, -0.1) is 0 Å². The summed E-state index contributed by atoms with van der Waals surface area (Å²) in [6.07, 6.45) is -7.51. The number of halogens is 5. The van der Waals surface area contributed by atoms with Gasteiger partial charge in [-0.1, -0.05) is 23.7 Å². The molecule has 0 atom stereocenters.